The lowest BCUT2D eigenvalue weighted by Crippen LogP contribution is -2.22. The topological polar surface area (TPSA) is 65.1 Å². The van der Waals surface area contributed by atoms with E-state index in [1.54, 1.807) is 33.9 Å². The van der Waals surface area contributed by atoms with Gasteiger partial charge in [0.05, 0.1) is 16.8 Å². The molecule has 0 saturated carbocycles. The second kappa shape index (κ2) is 7.86. The van der Waals surface area contributed by atoms with Crippen LogP contribution in [0, 0.1) is 6.92 Å². The first-order valence-corrected chi connectivity index (χ1v) is 12.5. The summed E-state index contributed by atoms with van der Waals surface area (Å²) in [5, 5.41) is 1.52. The van der Waals surface area contributed by atoms with Crippen molar-refractivity contribution in [3.8, 4) is 5.69 Å². The molecule has 160 valence electrons. The summed E-state index contributed by atoms with van der Waals surface area (Å²) in [6.45, 7) is 2.05. The normalized spacial score (nSPS) is 13.7. The van der Waals surface area contributed by atoms with Crippen molar-refractivity contribution in [3.05, 3.63) is 81.0 Å². The maximum atomic E-state index is 13.8. The molecule has 5 aromatic rings. The third-order valence-electron chi connectivity index (χ3n) is 5.88. The number of benzene rings is 1. The number of aromatic nitrogens is 5. The van der Waals surface area contributed by atoms with Gasteiger partial charge in [0, 0.05) is 29.2 Å². The predicted molar refractivity (Wildman–Crippen MR) is 129 cm³/mol. The van der Waals surface area contributed by atoms with E-state index in [-0.39, 0.29) is 5.56 Å². The van der Waals surface area contributed by atoms with Crippen LogP contribution in [0.3, 0.4) is 0 Å². The molecule has 0 radical (unpaired) electrons. The molecule has 0 bridgehead atoms. The quantitative estimate of drug-likeness (QED) is 0.280. The second-order valence-electron chi connectivity index (χ2n) is 8.11. The lowest BCUT2D eigenvalue weighted by atomic mass is 9.97. The van der Waals surface area contributed by atoms with Gasteiger partial charge in [0.15, 0.2) is 5.16 Å². The Morgan fingerprint density at radius 1 is 1.12 bits per heavy atom. The van der Waals surface area contributed by atoms with Crippen LogP contribution in [0.5, 0.6) is 0 Å². The van der Waals surface area contributed by atoms with E-state index >= 15 is 0 Å². The fourth-order valence-electron chi connectivity index (χ4n) is 4.29. The number of aryl methyl sites for hydroxylation is 3. The summed E-state index contributed by atoms with van der Waals surface area (Å²) in [4.78, 5) is 29.9. The highest BCUT2D eigenvalue weighted by Gasteiger charge is 2.23. The van der Waals surface area contributed by atoms with Gasteiger partial charge in [-0.05, 0) is 56.4 Å². The van der Waals surface area contributed by atoms with E-state index in [4.69, 9.17) is 4.98 Å². The minimum absolute atomic E-state index is 0.0393. The van der Waals surface area contributed by atoms with Gasteiger partial charge in [-0.3, -0.25) is 13.8 Å². The third-order valence-corrected chi connectivity index (χ3v) is 8.04. The number of hydrogen-bond donors (Lipinski definition) is 0. The molecule has 0 unspecified atom stereocenters. The largest absolute Gasteiger partial charge is 0.291 e. The van der Waals surface area contributed by atoms with Gasteiger partial charge in [-0.1, -0.05) is 29.5 Å². The standard InChI is InChI=1S/C24H21N5OS2/c1-15-7-9-17(10-8-15)29-22(30)20-18-5-2-3-6-19(18)32-21(20)27-24(29)31-14-16-13-28-12-4-11-25-23(28)26-16/h4,7-13H,2-3,5-6,14H2,1H3. The van der Waals surface area contributed by atoms with Crippen molar-refractivity contribution in [3.63, 3.8) is 0 Å². The summed E-state index contributed by atoms with van der Waals surface area (Å²) in [6.07, 6.45) is 10.0. The van der Waals surface area contributed by atoms with E-state index in [0.717, 1.165) is 46.4 Å². The molecule has 6 rings (SSSR count). The summed E-state index contributed by atoms with van der Waals surface area (Å²) in [6, 6.07) is 9.97. The van der Waals surface area contributed by atoms with Gasteiger partial charge in [0.25, 0.3) is 5.56 Å². The third kappa shape index (κ3) is 3.34. The molecule has 32 heavy (non-hydrogen) atoms. The molecule has 0 aliphatic heterocycles. The summed E-state index contributed by atoms with van der Waals surface area (Å²) >= 11 is 3.24. The summed E-state index contributed by atoms with van der Waals surface area (Å²) in [7, 11) is 0. The number of thioether (sulfide) groups is 1. The average molecular weight is 460 g/mol. The van der Waals surface area contributed by atoms with Crippen LogP contribution in [-0.2, 0) is 18.6 Å². The molecular formula is C24H21N5OS2. The van der Waals surface area contributed by atoms with E-state index in [1.807, 2.05) is 47.1 Å². The van der Waals surface area contributed by atoms with Gasteiger partial charge >= 0.3 is 0 Å². The summed E-state index contributed by atoms with van der Waals surface area (Å²) < 4.78 is 3.69. The highest BCUT2D eigenvalue weighted by atomic mass is 32.2. The molecule has 0 saturated heterocycles. The number of rotatable bonds is 4. The number of thiophene rings is 1. The van der Waals surface area contributed by atoms with Crippen molar-refractivity contribution < 1.29 is 0 Å². The van der Waals surface area contributed by atoms with Crippen LogP contribution in [0.2, 0.25) is 0 Å². The molecule has 0 N–H and O–H groups in total. The number of fused-ring (bicyclic) bond motifs is 4. The lowest BCUT2D eigenvalue weighted by molar-refractivity contribution is 0.699. The molecule has 1 aliphatic carbocycles. The number of hydrogen-bond acceptors (Lipinski definition) is 6. The van der Waals surface area contributed by atoms with Gasteiger partial charge in [0.2, 0.25) is 5.78 Å². The molecule has 4 heterocycles. The number of nitrogens with zero attached hydrogens (tertiary/aromatic N) is 5. The Bertz CT molecular complexity index is 1480. The van der Waals surface area contributed by atoms with Crippen molar-refractivity contribution in [2.75, 3.05) is 0 Å². The van der Waals surface area contributed by atoms with Gasteiger partial charge in [0.1, 0.15) is 4.83 Å². The predicted octanol–water partition coefficient (Wildman–Crippen LogP) is 4.97. The molecule has 6 nitrogen and oxygen atoms in total. The van der Waals surface area contributed by atoms with E-state index in [9.17, 15) is 4.79 Å². The first kappa shape index (κ1) is 19.7. The Kier molecular flexibility index (Phi) is 4.84. The van der Waals surface area contributed by atoms with E-state index < -0.39 is 0 Å². The Labute approximate surface area is 193 Å². The summed E-state index contributed by atoms with van der Waals surface area (Å²) in [5.74, 6) is 1.28. The lowest BCUT2D eigenvalue weighted by Gasteiger charge is -2.13. The van der Waals surface area contributed by atoms with Gasteiger partial charge < -0.3 is 0 Å². The molecule has 8 heteroatoms. The minimum atomic E-state index is 0.0393. The molecule has 0 amide bonds. The fraction of sp³-hybridized carbons (Fsp3) is 0.250. The Morgan fingerprint density at radius 2 is 1.97 bits per heavy atom. The van der Waals surface area contributed by atoms with Crippen molar-refractivity contribution in [2.45, 2.75) is 43.5 Å². The fourth-order valence-corrected chi connectivity index (χ4v) is 6.49. The monoisotopic (exact) mass is 459 g/mol. The molecule has 0 spiro atoms. The average Bonchev–Trinajstić information content (AvgIpc) is 3.39. The van der Waals surface area contributed by atoms with Crippen LogP contribution in [0.15, 0.2) is 58.9 Å². The van der Waals surface area contributed by atoms with E-state index in [0.29, 0.717) is 16.7 Å². The van der Waals surface area contributed by atoms with Crippen molar-refractivity contribution in [2.24, 2.45) is 0 Å². The van der Waals surface area contributed by atoms with Crippen LogP contribution in [0.1, 0.15) is 34.5 Å². The molecule has 1 aliphatic rings. The zero-order chi connectivity index (χ0) is 21.7. The summed E-state index contributed by atoms with van der Waals surface area (Å²) in [5.41, 5.74) is 4.18. The van der Waals surface area contributed by atoms with Crippen LogP contribution < -0.4 is 5.56 Å². The Hall–Kier alpha value is -2.97. The van der Waals surface area contributed by atoms with E-state index in [1.165, 1.54) is 16.9 Å². The second-order valence-corrected chi connectivity index (χ2v) is 10.1. The smallest absolute Gasteiger partial charge is 0.267 e. The van der Waals surface area contributed by atoms with Gasteiger partial charge in [-0.2, -0.15) is 0 Å². The number of imidazole rings is 1. The maximum Gasteiger partial charge on any atom is 0.267 e. The molecule has 4 aromatic heterocycles. The first-order chi connectivity index (χ1) is 15.7. The Morgan fingerprint density at radius 3 is 2.81 bits per heavy atom. The maximum absolute atomic E-state index is 13.8. The van der Waals surface area contributed by atoms with Gasteiger partial charge in [-0.25, -0.2) is 15.0 Å². The van der Waals surface area contributed by atoms with Crippen molar-refractivity contribution >= 4 is 39.1 Å². The van der Waals surface area contributed by atoms with Crippen LogP contribution in [0.25, 0.3) is 21.7 Å². The Balaban J connectivity index is 1.48. The SMILES string of the molecule is Cc1ccc(-n2c(SCc3cn4cccnc4n3)nc3sc4c(c3c2=O)CCCC4)cc1. The highest BCUT2D eigenvalue weighted by molar-refractivity contribution is 7.98. The van der Waals surface area contributed by atoms with E-state index in [2.05, 4.69) is 16.9 Å². The van der Waals surface area contributed by atoms with Crippen LogP contribution in [0.4, 0.5) is 0 Å². The van der Waals surface area contributed by atoms with Gasteiger partial charge in [-0.15, -0.1) is 11.3 Å². The van der Waals surface area contributed by atoms with Crippen molar-refractivity contribution in [1.82, 2.24) is 23.9 Å². The van der Waals surface area contributed by atoms with Crippen LogP contribution >= 0.6 is 23.1 Å². The van der Waals surface area contributed by atoms with Crippen molar-refractivity contribution in [1.29, 1.82) is 0 Å². The minimum Gasteiger partial charge on any atom is -0.291 e. The first-order valence-electron chi connectivity index (χ1n) is 10.7. The molecule has 0 fully saturated rings. The molecule has 0 atom stereocenters. The zero-order valence-electron chi connectivity index (χ0n) is 17.6. The molecule has 1 aromatic carbocycles. The molecular weight excluding hydrogens is 438 g/mol. The van der Waals surface area contributed by atoms with Crippen LogP contribution in [-0.4, -0.2) is 23.9 Å². The zero-order valence-corrected chi connectivity index (χ0v) is 19.2. The highest BCUT2D eigenvalue weighted by Crippen LogP contribution is 2.35.